The molecule has 0 atom stereocenters. The van der Waals surface area contributed by atoms with E-state index in [1.807, 2.05) is 24.4 Å². The van der Waals surface area contributed by atoms with Crippen molar-refractivity contribution in [3.05, 3.63) is 163 Å². The van der Waals surface area contributed by atoms with E-state index in [9.17, 15) is 0 Å². The van der Waals surface area contributed by atoms with Crippen LogP contribution in [-0.2, 0) is 5.41 Å². The van der Waals surface area contributed by atoms with Gasteiger partial charge in [-0.1, -0.05) is 117 Å². The molecule has 0 amide bonds. The molecule has 0 aliphatic heterocycles. The normalized spacial score (nSPS) is 13.2. The first-order chi connectivity index (χ1) is 24.5. The summed E-state index contributed by atoms with van der Waals surface area (Å²) in [7, 11) is 0. The van der Waals surface area contributed by atoms with Crippen LogP contribution in [0.4, 0.5) is 0 Å². The van der Waals surface area contributed by atoms with Crippen LogP contribution in [0.3, 0.4) is 0 Å². The third-order valence-corrected chi connectivity index (χ3v) is 10.2. The van der Waals surface area contributed by atoms with Crippen molar-refractivity contribution in [2.45, 2.75) is 19.3 Å². The maximum atomic E-state index is 5.13. The van der Waals surface area contributed by atoms with E-state index in [-0.39, 0.29) is 5.41 Å². The largest absolute Gasteiger partial charge is 0.306 e. The van der Waals surface area contributed by atoms with Gasteiger partial charge < -0.3 is 4.40 Å². The molecule has 0 spiro atoms. The van der Waals surface area contributed by atoms with E-state index in [1.165, 1.54) is 33.0 Å². The number of pyridine rings is 1. The Balaban J connectivity index is 1.10. The lowest BCUT2D eigenvalue weighted by molar-refractivity contribution is 0.660. The van der Waals surface area contributed by atoms with Gasteiger partial charge in [-0.15, -0.1) is 0 Å². The number of hydrogen-bond acceptors (Lipinski definition) is 4. The summed E-state index contributed by atoms with van der Waals surface area (Å²) in [6.45, 7) is 4.62. The Kier molecular flexibility index (Phi) is 6.15. The van der Waals surface area contributed by atoms with Crippen molar-refractivity contribution in [2.75, 3.05) is 0 Å². The van der Waals surface area contributed by atoms with Crippen molar-refractivity contribution >= 4 is 27.2 Å². The molecule has 0 saturated heterocycles. The summed E-state index contributed by atoms with van der Waals surface area (Å²) in [5.74, 6) is 1.97. The highest BCUT2D eigenvalue weighted by atomic mass is 15.0. The quantitative estimate of drug-likeness (QED) is 0.192. The standard InChI is InChI=1S/C45H31N5/c1-45(2)38-25-32(40-27-50-22-8-7-13-41(50)46-40)18-20-36(38)37-21-19-35(26-39(37)45)44-48-42(33-16-14-28-9-3-5-11-30(28)23-33)47-43(49-44)34-17-15-29-10-4-6-12-31(29)24-34/h3-27H,1-2H3. The van der Waals surface area contributed by atoms with Crippen LogP contribution in [0.2, 0.25) is 0 Å². The summed E-state index contributed by atoms with van der Waals surface area (Å²) in [6.07, 6.45) is 4.14. The molecule has 0 saturated carbocycles. The summed E-state index contributed by atoms with van der Waals surface area (Å²) >= 11 is 0. The van der Waals surface area contributed by atoms with Gasteiger partial charge in [-0.05, 0) is 80.2 Å². The van der Waals surface area contributed by atoms with Crippen LogP contribution in [0.15, 0.2) is 152 Å². The molecule has 1 aliphatic carbocycles. The maximum Gasteiger partial charge on any atom is 0.164 e. The van der Waals surface area contributed by atoms with Gasteiger partial charge in [-0.2, -0.15) is 0 Å². The Morgan fingerprint density at radius 3 is 1.50 bits per heavy atom. The van der Waals surface area contributed by atoms with Gasteiger partial charge in [0, 0.05) is 40.1 Å². The first-order valence-corrected chi connectivity index (χ1v) is 17.0. The van der Waals surface area contributed by atoms with Crippen molar-refractivity contribution in [1.29, 1.82) is 0 Å². The smallest absolute Gasteiger partial charge is 0.164 e. The van der Waals surface area contributed by atoms with E-state index < -0.39 is 0 Å². The minimum atomic E-state index is -0.231. The fourth-order valence-electron chi connectivity index (χ4n) is 7.53. The van der Waals surface area contributed by atoms with Gasteiger partial charge >= 0.3 is 0 Å². The second-order valence-corrected chi connectivity index (χ2v) is 13.7. The molecule has 3 aromatic heterocycles. The Bertz CT molecular complexity index is 2680. The van der Waals surface area contributed by atoms with Gasteiger partial charge in [0.05, 0.1) is 5.69 Å². The number of benzene rings is 6. The lowest BCUT2D eigenvalue weighted by atomic mass is 9.81. The van der Waals surface area contributed by atoms with Gasteiger partial charge in [0.25, 0.3) is 0 Å². The molecule has 5 nitrogen and oxygen atoms in total. The summed E-state index contributed by atoms with van der Waals surface area (Å²) < 4.78 is 2.07. The molecule has 9 aromatic rings. The molecule has 5 heteroatoms. The van der Waals surface area contributed by atoms with Crippen LogP contribution in [0, 0.1) is 0 Å². The molecule has 3 heterocycles. The number of rotatable bonds is 4. The zero-order chi connectivity index (χ0) is 33.4. The summed E-state index contributed by atoms with van der Waals surface area (Å²) in [4.78, 5) is 20.2. The van der Waals surface area contributed by atoms with Crippen molar-refractivity contribution in [3.8, 4) is 56.5 Å². The predicted molar refractivity (Wildman–Crippen MR) is 203 cm³/mol. The van der Waals surface area contributed by atoms with E-state index in [1.54, 1.807) is 0 Å². The zero-order valence-corrected chi connectivity index (χ0v) is 27.7. The van der Waals surface area contributed by atoms with Crippen molar-refractivity contribution < 1.29 is 0 Å². The van der Waals surface area contributed by atoms with Crippen LogP contribution in [0.5, 0.6) is 0 Å². The lowest BCUT2D eigenvalue weighted by Crippen LogP contribution is -2.15. The van der Waals surface area contributed by atoms with Crippen molar-refractivity contribution in [1.82, 2.24) is 24.3 Å². The first-order valence-electron chi connectivity index (χ1n) is 17.0. The second kappa shape index (κ2) is 10.8. The highest BCUT2D eigenvalue weighted by Gasteiger charge is 2.36. The summed E-state index contributed by atoms with van der Waals surface area (Å²) in [6, 6.07) is 49.1. The third-order valence-electron chi connectivity index (χ3n) is 10.2. The number of fused-ring (bicyclic) bond motifs is 6. The highest BCUT2D eigenvalue weighted by molar-refractivity contribution is 5.89. The highest BCUT2D eigenvalue weighted by Crippen LogP contribution is 2.50. The third kappa shape index (κ3) is 4.55. The van der Waals surface area contributed by atoms with E-state index >= 15 is 0 Å². The fourth-order valence-corrected chi connectivity index (χ4v) is 7.53. The fraction of sp³-hybridized carbons (Fsp3) is 0.0667. The number of hydrogen-bond donors (Lipinski definition) is 0. The number of aromatic nitrogens is 5. The molecule has 0 bridgehead atoms. The molecular formula is C45H31N5. The van der Waals surface area contributed by atoms with E-state index in [2.05, 4.69) is 146 Å². The van der Waals surface area contributed by atoms with Crippen LogP contribution in [0.1, 0.15) is 25.0 Å². The topological polar surface area (TPSA) is 56.0 Å². The van der Waals surface area contributed by atoms with E-state index in [4.69, 9.17) is 19.9 Å². The van der Waals surface area contributed by atoms with Crippen LogP contribution in [-0.4, -0.2) is 24.3 Å². The Hall–Kier alpha value is -6.46. The molecule has 0 unspecified atom stereocenters. The van der Waals surface area contributed by atoms with E-state index in [0.29, 0.717) is 17.5 Å². The van der Waals surface area contributed by atoms with Gasteiger partial charge in [0.2, 0.25) is 0 Å². The summed E-state index contributed by atoms with van der Waals surface area (Å²) in [5, 5.41) is 4.67. The first kappa shape index (κ1) is 28.5. The van der Waals surface area contributed by atoms with E-state index in [0.717, 1.165) is 44.4 Å². The Labute approximate surface area is 289 Å². The van der Waals surface area contributed by atoms with Crippen molar-refractivity contribution in [3.63, 3.8) is 0 Å². The Morgan fingerprint density at radius 1 is 0.440 bits per heavy atom. The molecule has 0 N–H and O–H groups in total. The van der Waals surface area contributed by atoms with Gasteiger partial charge in [-0.3, -0.25) is 0 Å². The number of imidazole rings is 1. The molecular weight excluding hydrogens is 611 g/mol. The predicted octanol–water partition coefficient (Wildman–Crippen LogP) is 10.8. The average molecular weight is 642 g/mol. The zero-order valence-electron chi connectivity index (χ0n) is 27.7. The molecule has 0 fully saturated rings. The van der Waals surface area contributed by atoms with Gasteiger partial charge in [-0.25, -0.2) is 19.9 Å². The molecule has 1 aliphatic rings. The molecule has 0 radical (unpaired) electrons. The monoisotopic (exact) mass is 641 g/mol. The second-order valence-electron chi connectivity index (χ2n) is 13.7. The minimum Gasteiger partial charge on any atom is -0.306 e. The lowest BCUT2D eigenvalue weighted by Gasteiger charge is -2.22. The molecule has 50 heavy (non-hydrogen) atoms. The summed E-state index contributed by atoms with van der Waals surface area (Å²) in [5.41, 5.74) is 10.7. The SMILES string of the molecule is CC1(C)c2cc(-c3cn4ccccc4n3)ccc2-c2ccc(-c3nc(-c4ccc5ccccc5c4)nc(-c4ccc5ccccc5c4)n3)cc21. The molecule has 6 aromatic carbocycles. The van der Waals surface area contributed by atoms with Crippen molar-refractivity contribution in [2.24, 2.45) is 0 Å². The van der Waals surface area contributed by atoms with Gasteiger partial charge in [0.15, 0.2) is 17.5 Å². The van der Waals surface area contributed by atoms with Crippen LogP contribution >= 0.6 is 0 Å². The van der Waals surface area contributed by atoms with Crippen LogP contribution in [0.25, 0.3) is 83.7 Å². The molecule has 10 rings (SSSR count). The Morgan fingerprint density at radius 2 is 0.920 bits per heavy atom. The van der Waals surface area contributed by atoms with Gasteiger partial charge in [0.1, 0.15) is 5.65 Å². The minimum absolute atomic E-state index is 0.231. The average Bonchev–Trinajstić information content (AvgIpc) is 3.70. The molecule has 236 valence electrons. The maximum absolute atomic E-state index is 5.13. The van der Waals surface area contributed by atoms with Crippen LogP contribution < -0.4 is 0 Å². The number of nitrogens with zero attached hydrogens (tertiary/aromatic N) is 5.